The summed E-state index contributed by atoms with van der Waals surface area (Å²) in [5, 5.41) is 13.5. The number of fused-ring (bicyclic) bond motifs is 1. The van der Waals surface area contributed by atoms with Gasteiger partial charge in [-0.2, -0.15) is 0 Å². The molecule has 0 aliphatic carbocycles. The van der Waals surface area contributed by atoms with E-state index >= 15 is 8.78 Å². The van der Waals surface area contributed by atoms with Crippen LogP contribution in [0.25, 0.3) is 0 Å². The first-order valence-corrected chi connectivity index (χ1v) is 11.8. The van der Waals surface area contributed by atoms with Crippen LogP contribution in [0.3, 0.4) is 0 Å². The number of aromatic nitrogens is 1. The highest BCUT2D eigenvalue weighted by Gasteiger charge is 2.45. The number of imide groups is 1. The number of nitrogens with zero attached hydrogens (tertiary/aromatic N) is 3. The quantitative estimate of drug-likeness (QED) is 0.600. The van der Waals surface area contributed by atoms with Crippen LogP contribution in [0, 0.1) is 11.6 Å². The van der Waals surface area contributed by atoms with Gasteiger partial charge in [0.15, 0.2) is 0 Å². The zero-order valence-electron chi connectivity index (χ0n) is 19.7. The van der Waals surface area contributed by atoms with Crippen LogP contribution in [0.4, 0.5) is 8.78 Å². The fourth-order valence-corrected chi connectivity index (χ4v) is 5.29. The van der Waals surface area contributed by atoms with Crippen molar-refractivity contribution in [3.05, 3.63) is 58.4 Å². The molecule has 3 aliphatic rings. The van der Waals surface area contributed by atoms with Crippen LogP contribution in [0.15, 0.2) is 24.4 Å². The number of pyridine rings is 1. The van der Waals surface area contributed by atoms with Crippen LogP contribution in [-0.2, 0) is 28.3 Å². The third kappa shape index (κ3) is 4.22. The number of hydrogen-bond donors (Lipinski definition) is 2. The summed E-state index contributed by atoms with van der Waals surface area (Å²) in [6, 6.07) is 3.56. The van der Waals surface area contributed by atoms with Gasteiger partial charge in [-0.05, 0) is 31.4 Å². The number of carbonyl (C=O) groups excluding carboxylic acids is 3. The Balaban J connectivity index is 1.34. The summed E-state index contributed by atoms with van der Waals surface area (Å²) in [7, 11) is 1.57. The fraction of sp³-hybridized carbons (Fsp3) is 0.440. The predicted molar refractivity (Wildman–Crippen MR) is 122 cm³/mol. The Bertz CT molecular complexity index is 1250. The molecule has 0 spiro atoms. The van der Waals surface area contributed by atoms with E-state index < -0.39 is 46.6 Å². The Morgan fingerprint density at radius 1 is 1.22 bits per heavy atom. The number of piperidine rings is 2. The van der Waals surface area contributed by atoms with Gasteiger partial charge in [0.25, 0.3) is 5.91 Å². The summed E-state index contributed by atoms with van der Waals surface area (Å²) < 4.78 is 36.1. The first-order chi connectivity index (χ1) is 17.2. The molecular formula is C25H26F2N4O5. The molecule has 1 unspecified atom stereocenters. The van der Waals surface area contributed by atoms with Crippen molar-refractivity contribution in [3.8, 4) is 5.75 Å². The number of halogens is 2. The zero-order chi connectivity index (χ0) is 25.6. The molecule has 2 fully saturated rings. The van der Waals surface area contributed by atoms with Gasteiger partial charge in [-0.25, -0.2) is 8.78 Å². The van der Waals surface area contributed by atoms with E-state index in [1.54, 1.807) is 19.4 Å². The number of benzene rings is 1. The van der Waals surface area contributed by atoms with Gasteiger partial charge in [0.2, 0.25) is 11.8 Å². The lowest BCUT2D eigenvalue weighted by molar-refractivity contribution is -0.136. The lowest BCUT2D eigenvalue weighted by atomic mass is 9.82. The minimum Gasteiger partial charge on any atom is -0.497 e. The van der Waals surface area contributed by atoms with Gasteiger partial charge in [0, 0.05) is 43.9 Å². The Labute approximate surface area is 206 Å². The van der Waals surface area contributed by atoms with Crippen LogP contribution in [0.2, 0.25) is 0 Å². The maximum absolute atomic E-state index is 15.7. The second kappa shape index (κ2) is 9.21. The summed E-state index contributed by atoms with van der Waals surface area (Å²) in [6.07, 6.45) is 2.00. The van der Waals surface area contributed by atoms with Crippen LogP contribution >= 0.6 is 0 Å². The first-order valence-electron chi connectivity index (χ1n) is 11.8. The Kier molecular flexibility index (Phi) is 6.21. The molecule has 3 aliphatic heterocycles. The first kappa shape index (κ1) is 24.3. The van der Waals surface area contributed by atoms with Gasteiger partial charge in [-0.1, -0.05) is 0 Å². The molecule has 1 aromatic heterocycles. The van der Waals surface area contributed by atoms with E-state index in [4.69, 9.17) is 4.74 Å². The van der Waals surface area contributed by atoms with Crippen LogP contribution in [0.1, 0.15) is 52.9 Å². The standard InChI is InChI=1S/C25H26F2N4O5/c1-36-15-4-7-28-14(10-15)12-30-8-5-25(35,6-9-30)21-18(26)11-16-17(22(21)27)13-31(24(16)34)19-2-3-20(32)29-23(19)33/h4,7,10-11,19,35H,2-3,5-6,8-9,12-13H2,1H3,(H,29,32,33). The van der Waals surface area contributed by atoms with Crippen molar-refractivity contribution in [1.82, 2.24) is 20.1 Å². The number of aliphatic hydroxyl groups is 1. The SMILES string of the molecule is COc1ccnc(CN2CCC(O)(c3c(F)cc4c(c3F)CN(C3CCC(=O)NC3=O)C4=O)CC2)c1. The number of carbonyl (C=O) groups is 3. The van der Waals surface area contributed by atoms with Gasteiger partial charge in [-0.3, -0.25) is 29.6 Å². The van der Waals surface area contributed by atoms with E-state index in [9.17, 15) is 19.5 Å². The molecule has 0 radical (unpaired) electrons. The molecule has 0 saturated carbocycles. The summed E-state index contributed by atoms with van der Waals surface area (Å²) in [5.41, 5.74) is -1.62. The minimum atomic E-state index is -1.74. The van der Waals surface area contributed by atoms with Crippen molar-refractivity contribution in [3.63, 3.8) is 0 Å². The lowest BCUT2D eigenvalue weighted by Gasteiger charge is -2.38. The van der Waals surface area contributed by atoms with Crippen molar-refractivity contribution in [2.24, 2.45) is 0 Å². The number of amides is 3. The molecule has 2 saturated heterocycles. The Morgan fingerprint density at radius 3 is 2.67 bits per heavy atom. The largest absolute Gasteiger partial charge is 0.497 e. The van der Waals surface area contributed by atoms with Crippen molar-refractivity contribution in [1.29, 1.82) is 0 Å². The monoisotopic (exact) mass is 500 g/mol. The molecule has 1 aromatic carbocycles. The average molecular weight is 501 g/mol. The maximum atomic E-state index is 15.7. The smallest absolute Gasteiger partial charge is 0.255 e. The Hall–Kier alpha value is -3.44. The van der Waals surface area contributed by atoms with E-state index in [1.807, 2.05) is 11.0 Å². The molecular weight excluding hydrogens is 474 g/mol. The highest BCUT2D eigenvalue weighted by Crippen LogP contribution is 2.40. The summed E-state index contributed by atoms with van der Waals surface area (Å²) in [6.45, 7) is 1.03. The average Bonchev–Trinajstić information content (AvgIpc) is 3.17. The summed E-state index contributed by atoms with van der Waals surface area (Å²) in [5.74, 6) is -3.01. The van der Waals surface area contributed by atoms with Gasteiger partial charge in [-0.15, -0.1) is 0 Å². The van der Waals surface area contributed by atoms with Crippen molar-refractivity contribution < 1.29 is 33.0 Å². The van der Waals surface area contributed by atoms with Gasteiger partial charge in [0.05, 0.1) is 36.1 Å². The molecule has 4 heterocycles. The number of rotatable bonds is 5. The number of ether oxygens (including phenoxy) is 1. The molecule has 3 amide bonds. The highest BCUT2D eigenvalue weighted by molar-refractivity contribution is 6.05. The number of methoxy groups -OCH3 is 1. The van der Waals surface area contributed by atoms with E-state index in [-0.39, 0.29) is 43.4 Å². The molecule has 2 aromatic rings. The van der Waals surface area contributed by atoms with E-state index in [2.05, 4.69) is 10.3 Å². The molecule has 9 nitrogen and oxygen atoms in total. The normalized spacial score (nSPS) is 21.9. The van der Waals surface area contributed by atoms with E-state index in [0.29, 0.717) is 25.4 Å². The van der Waals surface area contributed by atoms with Gasteiger partial charge >= 0.3 is 0 Å². The zero-order valence-corrected chi connectivity index (χ0v) is 19.7. The van der Waals surface area contributed by atoms with E-state index in [0.717, 1.165) is 16.7 Å². The third-order valence-electron chi connectivity index (χ3n) is 7.28. The summed E-state index contributed by atoms with van der Waals surface area (Å²) >= 11 is 0. The topological polar surface area (TPSA) is 112 Å². The molecule has 1 atom stereocenters. The van der Waals surface area contributed by atoms with Gasteiger partial charge < -0.3 is 14.7 Å². The minimum absolute atomic E-state index is 0.0439. The number of hydrogen-bond acceptors (Lipinski definition) is 7. The second-order valence-electron chi connectivity index (χ2n) is 9.47. The lowest BCUT2D eigenvalue weighted by Crippen LogP contribution is -2.52. The van der Waals surface area contributed by atoms with Crippen molar-refractivity contribution in [2.45, 2.75) is 50.4 Å². The fourth-order valence-electron chi connectivity index (χ4n) is 5.29. The molecule has 2 N–H and O–H groups in total. The van der Waals surface area contributed by atoms with E-state index in [1.165, 1.54) is 0 Å². The Morgan fingerprint density at radius 2 is 1.97 bits per heavy atom. The maximum Gasteiger partial charge on any atom is 0.255 e. The molecule has 5 rings (SSSR count). The molecule has 0 bridgehead atoms. The van der Waals surface area contributed by atoms with Crippen molar-refractivity contribution in [2.75, 3.05) is 20.2 Å². The number of nitrogens with one attached hydrogen (secondary N) is 1. The van der Waals surface area contributed by atoms with Crippen LogP contribution in [-0.4, -0.2) is 63.9 Å². The number of likely N-dealkylation sites (tertiary alicyclic amines) is 1. The van der Waals surface area contributed by atoms with Crippen LogP contribution < -0.4 is 10.1 Å². The third-order valence-corrected chi connectivity index (χ3v) is 7.28. The summed E-state index contributed by atoms with van der Waals surface area (Å²) in [4.78, 5) is 44.1. The van der Waals surface area contributed by atoms with Gasteiger partial charge in [0.1, 0.15) is 23.4 Å². The van der Waals surface area contributed by atoms with Crippen LogP contribution in [0.5, 0.6) is 5.75 Å². The molecule has 11 heteroatoms. The second-order valence-corrected chi connectivity index (χ2v) is 9.47. The molecule has 36 heavy (non-hydrogen) atoms. The van der Waals surface area contributed by atoms with Crippen molar-refractivity contribution >= 4 is 17.7 Å². The molecule has 190 valence electrons. The predicted octanol–water partition coefficient (Wildman–Crippen LogP) is 1.61. The highest BCUT2D eigenvalue weighted by atomic mass is 19.1.